The van der Waals surface area contributed by atoms with Gasteiger partial charge in [0.25, 0.3) is 0 Å². The lowest BCUT2D eigenvalue weighted by atomic mass is 10.1. The molecule has 0 radical (unpaired) electrons. The Kier molecular flexibility index (Phi) is 7.10. The van der Waals surface area contributed by atoms with E-state index in [2.05, 4.69) is 27.6 Å². The first kappa shape index (κ1) is 22.6. The van der Waals surface area contributed by atoms with Gasteiger partial charge in [0, 0.05) is 13.5 Å². The Labute approximate surface area is 198 Å². The van der Waals surface area contributed by atoms with Crippen LogP contribution < -0.4 is 10.1 Å². The number of hydrogen-bond acceptors (Lipinski definition) is 5. The van der Waals surface area contributed by atoms with Crippen molar-refractivity contribution < 1.29 is 9.53 Å². The average Bonchev–Trinajstić information content (AvgIpc) is 3.17. The van der Waals surface area contributed by atoms with Gasteiger partial charge in [-0.25, -0.2) is 0 Å². The number of carbonyl (C=O) groups excluding carboxylic acids is 1. The van der Waals surface area contributed by atoms with Crippen molar-refractivity contribution in [3.05, 3.63) is 101 Å². The lowest BCUT2D eigenvalue weighted by Crippen LogP contribution is -2.20. The highest BCUT2D eigenvalue weighted by Gasteiger charge is 2.26. The molecule has 1 amide bonds. The van der Waals surface area contributed by atoms with Crippen LogP contribution in [0.25, 0.3) is 0 Å². The van der Waals surface area contributed by atoms with Crippen LogP contribution in [0.4, 0.5) is 5.69 Å². The molecule has 7 heteroatoms. The van der Waals surface area contributed by atoms with Crippen LogP contribution in [0.15, 0.2) is 84.0 Å². The van der Waals surface area contributed by atoms with Crippen molar-refractivity contribution in [1.82, 2.24) is 14.8 Å². The molecule has 1 unspecified atom stereocenters. The minimum absolute atomic E-state index is 0.150. The first-order valence-electron chi connectivity index (χ1n) is 10.6. The van der Waals surface area contributed by atoms with Crippen molar-refractivity contribution >= 4 is 23.4 Å². The predicted molar refractivity (Wildman–Crippen MR) is 132 cm³/mol. The summed E-state index contributed by atoms with van der Waals surface area (Å²) in [5, 5.41) is 12.0. The van der Waals surface area contributed by atoms with Gasteiger partial charge < -0.3 is 14.6 Å². The number of benzene rings is 3. The fourth-order valence-electron chi connectivity index (χ4n) is 3.50. The minimum atomic E-state index is -0.510. The van der Waals surface area contributed by atoms with Crippen LogP contribution in [0.5, 0.6) is 5.75 Å². The molecule has 0 aliphatic rings. The third-order valence-electron chi connectivity index (χ3n) is 5.31. The molecule has 3 aromatic carbocycles. The molecular formula is C26H26N4O2S. The largest absolute Gasteiger partial charge is 0.495 e. The molecule has 4 aromatic rings. The zero-order valence-electron chi connectivity index (χ0n) is 18.9. The third kappa shape index (κ3) is 5.43. The Balaban J connectivity index is 1.60. The number of ether oxygens (including phenoxy) is 1. The second kappa shape index (κ2) is 10.4. The summed E-state index contributed by atoms with van der Waals surface area (Å²) in [6, 6.07) is 25.6. The smallest absolute Gasteiger partial charge is 0.242 e. The van der Waals surface area contributed by atoms with Gasteiger partial charge in [-0.1, -0.05) is 78.5 Å². The minimum Gasteiger partial charge on any atom is -0.495 e. The van der Waals surface area contributed by atoms with Gasteiger partial charge in [0.15, 0.2) is 5.16 Å². The predicted octanol–water partition coefficient (Wildman–Crippen LogP) is 5.20. The Morgan fingerprint density at radius 3 is 2.42 bits per heavy atom. The molecule has 4 rings (SSSR count). The van der Waals surface area contributed by atoms with Crippen LogP contribution in [-0.2, 0) is 18.3 Å². The summed E-state index contributed by atoms with van der Waals surface area (Å²) in [5.41, 5.74) is 3.73. The SMILES string of the molecule is COc1ccc(C)cc1NC(=O)C(Sc1nnc(Cc2ccccc2)n1C)c1ccccc1. The monoisotopic (exact) mass is 458 g/mol. The number of thioether (sulfide) groups is 1. The van der Waals surface area contributed by atoms with Gasteiger partial charge in [-0.2, -0.15) is 0 Å². The maximum absolute atomic E-state index is 13.5. The van der Waals surface area contributed by atoms with Gasteiger partial charge in [0.05, 0.1) is 12.8 Å². The van der Waals surface area contributed by atoms with Crippen molar-refractivity contribution in [2.24, 2.45) is 7.05 Å². The standard InChI is InChI=1S/C26H26N4O2S/c1-18-14-15-22(32-3)21(16-18)27-25(31)24(20-12-8-5-9-13-20)33-26-29-28-23(30(26)2)17-19-10-6-4-7-11-19/h4-16,24H,17H2,1-3H3,(H,27,31). The fourth-order valence-corrected chi connectivity index (χ4v) is 4.53. The molecule has 33 heavy (non-hydrogen) atoms. The molecule has 0 aliphatic heterocycles. The summed E-state index contributed by atoms with van der Waals surface area (Å²) >= 11 is 1.38. The van der Waals surface area contributed by atoms with Crippen LogP contribution in [0.2, 0.25) is 0 Å². The topological polar surface area (TPSA) is 69.0 Å². The molecule has 0 fully saturated rings. The van der Waals surface area contributed by atoms with E-state index in [4.69, 9.17) is 4.74 Å². The second-order valence-electron chi connectivity index (χ2n) is 7.72. The van der Waals surface area contributed by atoms with Gasteiger partial charge in [-0.15, -0.1) is 10.2 Å². The highest BCUT2D eigenvalue weighted by Crippen LogP contribution is 2.36. The van der Waals surface area contributed by atoms with Crippen LogP contribution in [-0.4, -0.2) is 27.8 Å². The number of amides is 1. The van der Waals surface area contributed by atoms with Gasteiger partial charge in [-0.3, -0.25) is 4.79 Å². The van der Waals surface area contributed by atoms with E-state index in [1.54, 1.807) is 7.11 Å². The van der Waals surface area contributed by atoms with E-state index in [0.717, 1.165) is 22.5 Å². The molecule has 1 aromatic heterocycles. The van der Waals surface area contributed by atoms with E-state index in [1.165, 1.54) is 11.8 Å². The van der Waals surface area contributed by atoms with E-state index >= 15 is 0 Å². The Hall–Kier alpha value is -3.58. The zero-order valence-corrected chi connectivity index (χ0v) is 19.7. The highest BCUT2D eigenvalue weighted by molar-refractivity contribution is 8.00. The molecule has 0 bridgehead atoms. The molecule has 6 nitrogen and oxygen atoms in total. The number of aromatic nitrogens is 3. The Morgan fingerprint density at radius 2 is 1.73 bits per heavy atom. The molecule has 168 valence electrons. The number of nitrogens with zero attached hydrogens (tertiary/aromatic N) is 3. The summed E-state index contributed by atoms with van der Waals surface area (Å²) in [7, 11) is 3.53. The van der Waals surface area contributed by atoms with E-state index in [1.807, 2.05) is 85.3 Å². The molecular weight excluding hydrogens is 432 g/mol. The lowest BCUT2D eigenvalue weighted by Gasteiger charge is -2.18. The number of aryl methyl sites for hydroxylation is 1. The molecule has 0 saturated heterocycles. The summed E-state index contributed by atoms with van der Waals surface area (Å²) < 4.78 is 7.39. The second-order valence-corrected chi connectivity index (χ2v) is 8.79. The van der Waals surface area contributed by atoms with Crippen molar-refractivity contribution in [2.75, 3.05) is 12.4 Å². The Bertz CT molecular complexity index is 1230. The van der Waals surface area contributed by atoms with E-state index in [-0.39, 0.29) is 5.91 Å². The van der Waals surface area contributed by atoms with Gasteiger partial charge >= 0.3 is 0 Å². The molecule has 1 heterocycles. The summed E-state index contributed by atoms with van der Waals surface area (Å²) in [6.45, 7) is 1.98. The van der Waals surface area contributed by atoms with Gasteiger partial charge in [0.1, 0.15) is 16.8 Å². The number of hydrogen-bond donors (Lipinski definition) is 1. The van der Waals surface area contributed by atoms with Crippen molar-refractivity contribution in [3.63, 3.8) is 0 Å². The van der Waals surface area contributed by atoms with E-state index < -0.39 is 5.25 Å². The zero-order chi connectivity index (χ0) is 23.2. The Morgan fingerprint density at radius 1 is 1.03 bits per heavy atom. The summed E-state index contributed by atoms with van der Waals surface area (Å²) in [5.74, 6) is 1.31. The maximum Gasteiger partial charge on any atom is 0.242 e. The summed E-state index contributed by atoms with van der Waals surface area (Å²) in [6.07, 6.45) is 0.674. The number of carbonyl (C=O) groups is 1. The molecule has 1 N–H and O–H groups in total. The van der Waals surface area contributed by atoms with Crippen LogP contribution in [0.3, 0.4) is 0 Å². The van der Waals surface area contributed by atoms with Gasteiger partial charge in [0.2, 0.25) is 5.91 Å². The normalized spacial score (nSPS) is 11.7. The van der Waals surface area contributed by atoms with Crippen molar-refractivity contribution in [2.45, 2.75) is 23.8 Å². The highest BCUT2D eigenvalue weighted by atomic mass is 32.2. The van der Waals surface area contributed by atoms with Crippen molar-refractivity contribution in [1.29, 1.82) is 0 Å². The van der Waals surface area contributed by atoms with Crippen LogP contribution >= 0.6 is 11.8 Å². The summed E-state index contributed by atoms with van der Waals surface area (Å²) in [4.78, 5) is 13.5. The first-order valence-corrected chi connectivity index (χ1v) is 11.5. The first-order chi connectivity index (χ1) is 16.0. The fraction of sp³-hybridized carbons (Fsp3) is 0.192. The quantitative estimate of drug-likeness (QED) is 0.368. The van der Waals surface area contributed by atoms with Crippen molar-refractivity contribution in [3.8, 4) is 5.75 Å². The lowest BCUT2D eigenvalue weighted by molar-refractivity contribution is -0.115. The molecule has 0 aliphatic carbocycles. The average molecular weight is 459 g/mol. The molecule has 0 spiro atoms. The maximum atomic E-state index is 13.5. The number of anilines is 1. The number of methoxy groups -OCH3 is 1. The van der Waals surface area contributed by atoms with Crippen LogP contribution in [0.1, 0.15) is 27.8 Å². The number of nitrogens with one attached hydrogen (secondary N) is 1. The number of rotatable bonds is 8. The van der Waals surface area contributed by atoms with Crippen LogP contribution in [0, 0.1) is 6.92 Å². The molecule has 0 saturated carbocycles. The van der Waals surface area contributed by atoms with E-state index in [9.17, 15) is 4.79 Å². The van der Waals surface area contributed by atoms with Gasteiger partial charge in [-0.05, 0) is 35.7 Å². The van der Waals surface area contributed by atoms with E-state index in [0.29, 0.717) is 23.0 Å². The molecule has 1 atom stereocenters. The third-order valence-corrected chi connectivity index (χ3v) is 6.59.